The number of rotatable bonds is 7. The van der Waals surface area contributed by atoms with E-state index in [2.05, 4.69) is 20.0 Å². The maximum atomic E-state index is 12.5. The van der Waals surface area contributed by atoms with Gasteiger partial charge in [0.25, 0.3) is 5.22 Å². The molecular weight excluding hydrogens is 431 g/mol. The van der Waals surface area contributed by atoms with Crippen LogP contribution in [0.2, 0.25) is 0 Å². The number of H-pyrrole nitrogens is 1. The predicted octanol–water partition coefficient (Wildman–Crippen LogP) is 4.97. The molecule has 31 heavy (non-hydrogen) atoms. The van der Waals surface area contributed by atoms with Crippen LogP contribution in [-0.2, 0) is 11.2 Å². The molecular formula is C21H18F3N3O3S. The van der Waals surface area contributed by atoms with Crippen molar-refractivity contribution >= 4 is 39.7 Å². The Balaban J connectivity index is 1.34. The summed E-state index contributed by atoms with van der Waals surface area (Å²) in [5.41, 5.74) is 3.76. The molecule has 0 fully saturated rings. The number of ether oxygens (including phenoxy) is 1. The van der Waals surface area contributed by atoms with E-state index in [1.807, 2.05) is 25.1 Å². The zero-order chi connectivity index (χ0) is 22.0. The molecule has 0 aliphatic rings. The summed E-state index contributed by atoms with van der Waals surface area (Å²) in [5.74, 6) is -0.326. The zero-order valence-electron chi connectivity index (χ0n) is 16.4. The molecule has 0 saturated heterocycles. The van der Waals surface area contributed by atoms with Crippen LogP contribution in [0.25, 0.3) is 22.0 Å². The minimum atomic E-state index is -4.75. The van der Waals surface area contributed by atoms with Gasteiger partial charge in [-0.25, -0.2) is 4.98 Å². The monoisotopic (exact) mass is 449 g/mol. The van der Waals surface area contributed by atoms with Crippen LogP contribution in [0.5, 0.6) is 5.75 Å². The zero-order valence-corrected chi connectivity index (χ0v) is 17.2. The molecule has 2 heterocycles. The summed E-state index contributed by atoms with van der Waals surface area (Å²) in [5, 5.41) is 3.87. The lowest BCUT2D eigenvalue weighted by molar-refractivity contribution is -0.274. The molecule has 0 saturated carbocycles. The molecule has 2 N–H and O–H groups in total. The number of carbonyl (C=O) groups excluding carboxylic acids is 1. The van der Waals surface area contributed by atoms with Crippen molar-refractivity contribution in [1.29, 1.82) is 0 Å². The molecule has 2 aromatic carbocycles. The van der Waals surface area contributed by atoms with Crippen LogP contribution in [0.4, 0.5) is 13.2 Å². The van der Waals surface area contributed by atoms with Crippen molar-refractivity contribution in [1.82, 2.24) is 15.3 Å². The molecule has 0 spiro atoms. The molecule has 0 aliphatic heterocycles. The van der Waals surface area contributed by atoms with E-state index in [9.17, 15) is 18.0 Å². The number of hydrogen-bond donors (Lipinski definition) is 2. The summed E-state index contributed by atoms with van der Waals surface area (Å²) in [6.07, 6.45) is -4.29. The van der Waals surface area contributed by atoms with Gasteiger partial charge in [-0.05, 0) is 49.2 Å². The highest BCUT2D eigenvalue weighted by Gasteiger charge is 2.31. The van der Waals surface area contributed by atoms with Crippen LogP contribution in [0, 0.1) is 6.92 Å². The van der Waals surface area contributed by atoms with E-state index in [0.29, 0.717) is 34.7 Å². The van der Waals surface area contributed by atoms with E-state index in [-0.39, 0.29) is 17.4 Å². The van der Waals surface area contributed by atoms with Gasteiger partial charge in [0.1, 0.15) is 11.3 Å². The Morgan fingerprint density at radius 3 is 2.84 bits per heavy atom. The lowest BCUT2D eigenvalue weighted by atomic mass is 10.1. The van der Waals surface area contributed by atoms with Crippen LogP contribution < -0.4 is 10.1 Å². The van der Waals surface area contributed by atoms with Gasteiger partial charge in [-0.2, -0.15) is 0 Å². The third-order valence-corrected chi connectivity index (χ3v) is 5.45. The largest absolute Gasteiger partial charge is 0.573 e. The number of carbonyl (C=O) groups is 1. The third kappa shape index (κ3) is 5.13. The number of nitrogens with zero attached hydrogens (tertiary/aromatic N) is 1. The molecule has 0 aliphatic carbocycles. The van der Waals surface area contributed by atoms with Crippen molar-refractivity contribution < 1.29 is 27.1 Å². The molecule has 162 valence electrons. The summed E-state index contributed by atoms with van der Waals surface area (Å²) in [7, 11) is 0. The van der Waals surface area contributed by atoms with Crippen molar-refractivity contribution in [2.45, 2.75) is 24.9 Å². The molecule has 4 aromatic rings. The van der Waals surface area contributed by atoms with Crippen molar-refractivity contribution in [2.24, 2.45) is 0 Å². The number of para-hydroxylation sites is 2. The third-order valence-electron chi connectivity index (χ3n) is 4.62. The Morgan fingerprint density at radius 1 is 1.26 bits per heavy atom. The summed E-state index contributed by atoms with van der Waals surface area (Å²) in [6.45, 7) is 2.18. The van der Waals surface area contributed by atoms with Crippen LogP contribution in [0.15, 0.2) is 52.1 Å². The molecule has 0 radical (unpaired) electrons. The first-order valence-electron chi connectivity index (χ1n) is 9.40. The molecule has 4 rings (SSSR count). The number of aromatic amines is 1. The standard InChI is InChI=1S/C21H18F3N3O3S/c1-12-14(15-10-13(30-21(22,23)24)6-7-16(15)26-12)8-9-25-19(28)11-31-20-27-17-4-2-3-5-18(17)29-20/h2-7,10,26H,8-9,11H2,1H3,(H,25,28). The fraction of sp³-hybridized carbons (Fsp3) is 0.238. The number of aromatic nitrogens is 2. The van der Waals surface area contributed by atoms with Crippen LogP contribution in [0.3, 0.4) is 0 Å². The maximum absolute atomic E-state index is 12.5. The van der Waals surface area contributed by atoms with Crippen LogP contribution in [-0.4, -0.2) is 34.5 Å². The lowest BCUT2D eigenvalue weighted by Gasteiger charge is -2.09. The topological polar surface area (TPSA) is 80.1 Å². The average molecular weight is 449 g/mol. The Kier molecular flexibility index (Phi) is 5.81. The number of amides is 1. The second-order valence-corrected chi connectivity index (χ2v) is 7.75. The maximum Gasteiger partial charge on any atom is 0.573 e. The van der Waals surface area contributed by atoms with Gasteiger partial charge in [0.05, 0.1) is 5.75 Å². The highest BCUT2D eigenvalue weighted by Crippen LogP contribution is 2.30. The van der Waals surface area contributed by atoms with Crippen molar-refractivity contribution in [2.75, 3.05) is 12.3 Å². The van der Waals surface area contributed by atoms with E-state index < -0.39 is 6.36 Å². The SMILES string of the molecule is Cc1[nH]c2ccc(OC(F)(F)F)cc2c1CCNC(=O)CSc1nc2ccccc2o1. The number of fused-ring (bicyclic) bond motifs is 2. The Labute approximate surface area is 179 Å². The minimum Gasteiger partial charge on any atom is -0.431 e. The second-order valence-electron chi connectivity index (χ2n) is 6.82. The number of aryl methyl sites for hydroxylation is 1. The summed E-state index contributed by atoms with van der Waals surface area (Å²) >= 11 is 1.20. The number of nitrogens with one attached hydrogen (secondary N) is 2. The quantitative estimate of drug-likeness (QED) is 0.390. The predicted molar refractivity (Wildman–Crippen MR) is 111 cm³/mol. The van der Waals surface area contributed by atoms with Gasteiger partial charge in [0.2, 0.25) is 5.91 Å². The fourth-order valence-corrected chi connectivity index (χ4v) is 3.97. The first-order chi connectivity index (χ1) is 14.8. The van der Waals surface area contributed by atoms with E-state index >= 15 is 0 Å². The van der Waals surface area contributed by atoms with Crippen molar-refractivity contribution in [3.63, 3.8) is 0 Å². The van der Waals surface area contributed by atoms with Crippen molar-refractivity contribution in [3.05, 3.63) is 53.7 Å². The van der Waals surface area contributed by atoms with E-state index in [4.69, 9.17) is 4.42 Å². The molecule has 0 unspecified atom stereocenters. The number of hydrogen-bond acceptors (Lipinski definition) is 5. The Bertz CT molecular complexity index is 1200. The number of halogens is 3. The highest BCUT2D eigenvalue weighted by molar-refractivity contribution is 7.99. The van der Waals surface area contributed by atoms with Crippen molar-refractivity contribution in [3.8, 4) is 5.75 Å². The van der Waals surface area contributed by atoms with Gasteiger partial charge >= 0.3 is 6.36 Å². The lowest BCUT2D eigenvalue weighted by Crippen LogP contribution is -2.27. The summed E-state index contributed by atoms with van der Waals surface area (Å²) in [4.78, 5) is 19.6. The second kappa shape index (κ2) is 8.54. The fourth-order valence-electron chi connectivity index (χ4n) is 3.30. The van der Waals surface area contributed by atoms with Gasteiger partial charge in [0, 0.05) is 23.1 Å². The summed E-state index contributed by atoms with van der Waals surface area (Å²) < 4.78 is 47.1. The van der Waals surface area contributed by atoms with Gasteiger partial charge < -0.3 is 19.5 Å². The van der Waals surface area contributed by atoms with E-state index in [1.54, 1.807) is 12.1 Å². The highest BCUT2D eigenvalue weighted by atomic mass is 32.2. The molecule has 0 atom stereocenters. The molecule has 2 aromatic heterocycles. The van der Waals surface area contributed by atoms with Gasteiger partial charge in [-0.1, -0.05) is 23.9 Å². The molecule has 10 heteroatoms. The molecule has 1 amide bonds. The minimum absolute atomic E-state index is 0.142. The number of thioether (sulfide) groups is 1. The summed E-state index contributed by atoms with van der Waals surface area (Å²) in [6, 6.07) is 11.5. The van der Waals surface area contributed by atoms with Crippen LogP contribution >= 0.6 is 11.8 Å². The van der Waals surface area contributed by atoms with Gasteiger partial charge in [-0.15, -0.1) is 13.2 Å². The first-order valence-corrected chi connectivity index (χ1v) is 10.4. The number of oxazole rings is 1. The van der Waals surface area contributed by atoms with Gasteiger partial charge in [0.15, 0.2) is 5.58 Å². The van der Waals surface area contributed by atoms with E-state index in [1.165, 1.54) is 23.9 Å². The normalized spacial score (nSPS) is 11.9. The average Bonchev–Trinajstić information content (AvgIpc) is 3.25. The Hall–Kier alpha value is -3.14. The Morgan fingerprint density at radius 2 is 2.06 bits per heavy atom. The number of benzene rings is 2. The first kappa shape index (κ1) is 21.1. The molecule has 0 bridgehead atoms. The molecule has 6 nitrogen and oxygen atoms in total. The number of alkyl halides is 3. The smallest absolute Gasteiger partial charge is 0.431 e. The van der Waals surface area contributed by atoms with E-state index in [0.717, 1.165) is 16.8 Å². The van der Waals surface area contributed by atoms with Gasteiger partial charge in [-0.3, -0.25) is 4.79 Å². The van der Waals surface area contributed by atoms with Crippen LogP contribution in [0.1, 0.15) is 11.3 Å².